The van der Waals surface area contributed by atoms with Gasteiger partial charge in [-0.3, -0.25) is 4.79 Å². The molecule has 0 fully saturated rings. The smallest absolute Gasteiger partial charge is 0.253 e. The Morgan fingerprint density at radius 2 is 2.00 bits per heavy atom. The maximum atomic E-state index is 12.2. The van der Waals surface area contributed by atoms with Crippen molar-refractivity contribution in [2.45, 2.75) is 31.6 Å². The molecule has 0 aliphatic carbocycles. The fraction of sp³-hybridized carbons (Fsp3) is 0.462. The van der Waals surface area contributed by atoms with E-state index in [1.165, 1.54) is 17.0 Å². The van der Waals surface area contributed by atoms with Gasteiger partial charge in [0.2, 0.25) is 10.0 Å². The van der Waals surface area contributed by atoms with E-state index < -0.39 is 10.0 Å². The lowest BCUT2D eigenvalue weighted by molar-refractivity contribution is 0.0793. The molecule has 0 heterocycles. The summed E-state index contributed by atoms with van der Waals surface area (Å²) in [6.07, 6.45) is 1.85. The summed E-state index contributed by atoms with van der Waals surface area (Å²) >= 11 is 5.99. The third-order valence-electron chi connectivity index (χ3n) is 3.04. The average Bonchev–Trinajstić information content (AvgIpc) is 2.36. The van der Waals surface area contributed by atoms with E-state index in [0.717, 1.165) is 12.8 Å². The first kappa shape index (κ1) is 16.9. The number of rotatable bonds is 5. The lowest BCUT2D eigenvalue weighted by Crippen LogP contribution is -2.28. The fourth-order valence-corrected chi connectivity index (χ4v) is 2.89. The first-order valence-corrected chi connectivity index (χ1v) is 8.19. The number of benzene rings is 1. The summed E-state index contributed by atoms with van der Waals surface area (Å²) in [7, 11) is -2.24. The van der Waals surface area contributed by atoms with Gasteiger partial charge in [0.05, 0.1) is 4.90 Å². The second-order valence-electron chi connectivity index (χ2n) is 4.71. The second kappa shape index (κ2) is 6.56. The van der Waals surface area contributed by atoms with Gasteiger partial charge in [0, 0.05) is 24.2 Å². The molecule has 20 heavy (non-hydrogen) atoms. The highest BCUT2D eigenvalue weighted by atomic mass is 35.5. The molecule has 0 unspecified atom stereocenters. The molecular formula is C13H19ClN2O3S. The van der Waals surface area contributed by atoms with E-state index in [-0.39, 0.29) is 21.4 Å². The van der Waals surface area contributed by atoms with Crippen LogP contribution in [0.4, 0.5) is 0 Å². The van der Waals surface area contributed by atoms with Crippen LogP contribution < -0.4 is 5.14 Å². The van der Waals surface area contributed by atoms with Crippen molar-refractivity contribution in [2.75, 3.05) is 13.6 Å². The molecule has 1 aromatic carbocycles. The molecule has 7 heteroatoms. The van der Waals surface area contributed by atoms with Crippen molar-refractivity contribution in [3.63, 3.8) is 0 Å². The van der Waals surface area contributed by atoms with Crippen molar-refractivity contribution in [2.24, 2.45) is 5.14 Å². The van der Waals surface area contributed by atoms with Crippen LogP contribution in [-0.4, -0.2) is 32.8 Å². The molecule has 0 radical (unpaired) electrons. The number of unbranched alkanes of at least 4 members (excludes halogenated alkanes) is 1. The van der Waals surface area contributed by atoms with Crippen LogP contribution in [-0.2, 0) is 10.0 Å². The van der Waals surface area contributed by atoms with Gasteiger partial charge in [0.15, 0.2) is 0 Å². The summed E-state index contributed by atoms with van der Waals surface area (Å²) in [6.45, 7) is 4.18. The van der Waals surface area contributed by atoms with Crippen molar-refractivity contribution in [1.29, 1.82) is 0 Å². The highest BCUT2D eigenvalue weighted by molar-refractivity contribution is 7.89. The molecule has 0 saturated heterocycles. The Bertz CT molecular complexity index is 614. The van der Waals surface area contributed by atoms with Crippen LogP contribution in [0, 0.1) is 6.92 Å². The Morgan fingerprint density at radius 3 is 2.50 bits per heavy atom. The van der Waals surface area contributed by atoms with Crippen LogP contribution in [0.15, 0.2) is 17.0 Å². The minimum atomic E-state index is -3.91. The predicted molar refractivity (Wildman–Crippen MR) is 79.4 cm³/mol. The molecule has 0 aliphatic heterocycles. The summed E-state index contributed by atoms with van der Waals surface area (Å²) in [5.41, 5.74) is 0.574. The monoisotopic (exact) mass is 318 g/mol. The second-order valence-corrected chi connectivity index (χ2v) is 6.64. The number of hydrogen-bond acceptors (Lipinski definition) is 3. The quantitative estimate of drug-likeness (QED) is 0.903. The Kier molecular flexibility index (Phi) is 5.56. The number of halogens is 1. The van der Waals surface area contributed by atoms with Gasteiger partial charge in [0.25, 0.3) is 5.91 Å². The number of nitrogens with two attached hydrogens (primary N) is 1. The summed E-state index contributed by atoms with van der Waals surface area (Å²) in [5.74, 6) is -0.273. The lowest BCUT2D eigenvalue weighted by Gasteiger charge is -2.18. The zero-order valence-corrected chi connectivity index (χ0v) is 13.4. The maximum Gasteiger partial charge on any atom is 0.253 e. The molecule has 0 aromatic heterocycles. The van der Waals surface area contributed by atoms with Crippen molar-refractivity contribution >= 4 is 27.5 Å². The highest BCUT2D eigenvalue weighted by Gasteiger charge is 2.19. The molecule has 5 nitrogen and oxygen atoms in total. The van der Waals surface area contributed by atoms with Gasteiger partial charge in [-0.1, -0.05) is 24.9 Å². The molecule has 2 N–H and O–H groups in total. The van der Waals surface area contributed by atoms with Crippen molar-refractivity contribution in [3.8, 4) is 0 Å². The summed E-state index contributed by atoms with van der Waals surface area (Å²) in [6, 6.07) is 2.75. The first-order chi connectivity index (χ1) is 9.18. The van der Waals surface area contributed by atoms with Gasteiger partial charge in [-0.25, -0.2) is 13.6 Å². The van der Waals surface area contributed by atoms with Gasteiger partial charge >= 0.3 is 0 Å². The van der Waals surface area contributed by atoms with E-state index in [1.807, 2.05) is 6.92 Å². The molecule has 0 aliphatic rings. The number of carbonyl (C=O) groups excluding carboxylic acids is 1. The molecule has 1 rings (SSSR count). The van der Waals surface area contributed by atoms with Crippen molar-refractivity contribution in [1.82, 2.24) is 4.90 Å². The van der Waals surface area contributed by atoms with E-state index in [0.29, 0.717) is 12.1 Å². The van der Waals surface area contributed by atoms with Crippen molar-refractivity contribution in [3.05, 3.63) is 28.3 Å². The highest BCUT2D eigenvalue weighted by Crippen LogP contribution is 2.25. The minimum Gasteiger partial charge on any atom is -0.342 e. The van der Waals surface area contributed by atoms with Crippen LogP contribution in [0.2, 0.25) is 5.02 Å². The lowest BCUT2D eigenvalue weighted by atomic mass is 10.1. The van der Waals surface area contributed by atoms with Crippen LogP contribution in [0.25, 0.3) is 0 Å². The standard InChI is InChI=1S/C13H19ClN2O3S/c1-4-5-6-16(3)13(17)10-7-11(14)9(2)12(8-10)20(15,18)19/h7-8H,4-6H2,1-3H3,(H2,15,18,19). The van der Waals surface area contributed by atoms with Crippen molar-refractivity contribution < 1.29 is 13.2 Å². The maximum absolute atomic E-state index is 12.2. The number of sulfonamides is 1. The molecular weight excluding hydrogens is 300 g/mol. The van der Waals surface area contributed by atoms with E-state index in [2.05, 4.69) is 0 Å². The zero-order chi connectivity index (χ0) is 15.5. The molecule has 0 atom stereocenters. The molecule has 0 spiro atoms. The minimum absolute atomic E-state index is 0.114. The Balaban J connectivity index is 3.21. The Labute approximate surface area is 124 Å². The number of primary sulfonamides is 1. The third-order valence-corrected chi connectivity index (χ3v) is 4.47. The summed E-state index contributed by atoms with van der Waals surface area (Å²) in [5, 5.41) is 5.35. The van der Waals surface area contributed by atoms with Crippen LogP contribution in [0.5, 0.6) is 0 Å². The fourth-order valence-electron chi connectivity index (χ4n) is 1.79. The van der Waals surface area contributed by atoms with Crippen LogP contribution in [0.3, 0.4) is 0 Å². The topological polar surface area (TPSA) is 80.5 Å². The normalized spacial score (nSPS) is 11.4. The van der Waals surface area contributed by atoms with Gasteiger partial charge in [-0.15, -0.1) is 0 Å². The Hall–Kier alpha value is -1.11. The predicted octanol–water partition coefficient (Wildman–Crippen LogP) is 2.17. The summed E-state index contributed by atoms with van der Waals surface area (Å²) in [4.78, 5) is 13.7. The molecule has 0 bridgehead atoms. The third kappa shape index (κ3) is 3.94. The Morgan fingerprint density at radius 1 is 1.40 bits per heavy atom. The SMILES string of the molecule is CCCCN(C)C(=O)c1cc(Cl)c(C)c(S(N)(=O)=O)c1. The van der Waals surface area contributed by atoms with Gasteiger partial charge in [-0.05, 0) is 31.0 Å². The number of hydrogen-bond donors (Lipinski definition) is 1. The van der Waals surface area contributed by atoms with Gasteiger partial charge < -0.3 is 4.90 Å². The van der Waals surface area contributed by atoms with Gasteiger partial charge in [0.1, 0.15) is 0 Å². The van der Waals surface area contributed by atoms with E-state index >= 15 is 0 Å². The molecule has 0 saturated carbocycles. The van der Waals surface area contributed by atoms with E-state index in [9.17, 15) is 13.2 Å². The molecule has 1 amide bonds. The average molecular weight is 319 g/mol. The summed E-state index contributed by atoms with van der Waals surface area (Å²) < 4.78 is 23.0. The number of amides is 1. The molecule has 1 aromatic rings. The van der Waals surface area contributed by atoms with E-state index in [4.69, 9.17) is 16.7 Å². The van der Waals surface area contributed by atoms with Gasteiger partial charge in [-0.2, -0.15) is 0 Å². The van der Waals surface area contributed by atoms with Crippen LogP contribution in [0.1, 0.15) is 35.7 Å². The number of nitrogens with zero attached hydrogens (tertiary/aromatic N) is 1. The zero-order valence-electron chi connectivity index (χ0n) is 11.8. The van der Waals surface area contributed by atoms with E-state index in [1.54, 1.807) is 14.0 Å². The largest absolute Gasteiger partial charge is 0.342 e. The number of carbonyl (C=O) groups is 1. The molecule has 112 valence electrons. The first-order valence-electron chi connectivity index (χ1n) is 6.27. The van der Waals surface area contributed by atoms with Crippen LogP contribution >= 0.6 is 11.6 Å².